The van der Waals surface area contributed by atoms with Gasteiger partial charge in [0.15, 0.2) is 0 Å². The van der Waals surface area contributed by atoms with Crippen LogP contribution >= 0.6 is 0 Å². The van der Waals surface area contributed by atoms with Crippen molar-refractivity contribution in [2.45, 2.75) is 6.85 Å². The van der Waals surface area contributed by atoms with Gasteiger partial charge in [0.25, 0.3) is 0 Å². The van der Waals surface area contributed by atoms with Gasteiger partial charge in [0.1, 0.15) is 6.33 Å². The maximum absolute atomic E-state index is 7.51. The molecule has 3 aromatic heterocycles. The van der Waals surface area contributed by atoms with Gasteiger partial charge in [-0.25, -0.2) is 4.98 Å². The van der Waals surface area contributed by atoms with E-state index >= 15 is 0 Å². The van der Waals surface area contributed by atoms with Crippen LogP contribution < -0.4 is 0 Å². The molecule has 1 radical (unpaired) electrons. The Balaban J connectivity index is 0.000000228. The van der Waals surface area contributed by atoms with Crippen molar-refractivity contribution in [1.82, 2.24) is 19.9 Å². The minimum atomic E-state index is -2.26. The Kier molecular flexibility index (Phi) is 7.13. The zero-order valence-corrected chi connectivity index (χ0v) is 21.5. The van der Waals surface area contributed by atoms with Gasteiger partial charge >= 0.3 is 0 Å². The zero-order valence-electron chi connectivity index (χ0n) is 22.1. The third-order valence-corrected chi connectivity index (χ3v) is 5.37. The van der Waals surface area contributed by atoms with Crippen molar-refractivity contribution < 1.29 is 24.2 Å². The summed E-state index contributed by atoms with van der Waals surface area (Å²) in [6.45, 7) is -2.26. The molecular formula is C31H22IrN4-2. The van der Waals surface area contributed by atoms with Crippen LogP contribution in [0.3, 0.4) is 0 Å². The number of fused-ring (bicyclic) bond motifs is 1. The summed E-state index contributed by atoms with van der Waals surface area (Å²) >= 11 is 0. The maximum atomic E-state index is 7.51. The first-order valence-corrected chi connectivity index (χ1v) is 11.0. The number of aryl methyl sites for hydroxylation is 1. The molecule has 0 fully saturated rings. The van der Waals surface area contributed by atoms with E-state index in [-0.39, 0.29) is 25.8 Å². The second-order valence-electron chi connectivity index (χ2n) is 7.71. The molecule has 0 saturated heterocycles. The summed E-state index contributed by atoms with van der Waals surface area (Å²) in [5, 5.41) is 2.19. The van der Waals surface area contributed by atoms with E-state index in [1.807, 2.05) is 85.1 Å². The van der Waals surface area contributed by atoms with Crippen LogP contribution in [0.5, 0.6) is 0 Å². The number of aromatic nitrogens is 4. The van der Waals surface area contributed by atoms with Crippen LogP contribution in [0.15, 0.2) is 116 Å². The number of pyridine rings is 2. The van der Waals surface area contributed by atoms with Crippen molar-refractivity contribution in [2.75, 3.05) is 0 Å². The van der Waals surface area contributed by atoms with Crippen molar-refractivity contribution in [2.24, 2.45) is 0 Å². The Morgan fingerprint density at radius 1 is 0.667 bits per heavy atom. The average Bonchev–Trinajstić information content (AvgIpc) is 2.98. The van der Waals surface area contributed by atoms with Crippen molar-refractivity contribution in [3.63, 3.8) is 0 Å². The Bertz CT molecular complexity index is 1620. The predicted octanol–water partition coefficient (Wildman–Crippen LogP) is 7.01. The minimum Gasteiger partial charge on any atom is -0.305 e. The first kappa shape index (κ1) is 21.2. The quantitative estimate of drug-likeness (QED) is 0.194. The van der Waals surface area contributed by atoms with Gasteiger partial charge in [-0.1, -0.05) is 30.3 Å². The van der Waals surface area contributed by atoms with Crippen LogP contribution in [-0.4, -0.2) is 19.9 Å². The molecule has 3 aromatic carbocycles. The average molecular weight is 646 g/mol. The third kappa shape index (κ3) is 6.14. The number of rotatable bonds is 3. The molecule has 0 N–H and O–H groups in total. The van der Waals surface area contributed by atoms with Crippen LogP contribution in [0.2, 0.25) is 0 Å². The largest absolute Gasteiger partial charge is 0.305 e. The summed E-state index contributed by atoms with van der Waals surface area (Å²) in [5.74, 6) is 0. The van der Waals surface area contributed by atoms with Gasteiger partial charge in [-0.15, -0.1) is 71.3 Å². The van der Waals surface area contributed by atoms with Crippen LogP contribution in [0.25, 0.3) is 44.4 Å². The van der Waals surface area contributed by atoms with Crippen LogP contribution in [0.1, 0.15) is 9.81 Å². The third-order valence-electron chi connectivity index (χ3n) is 5.37. The molecule has 6 rings (SSSR count). The van der Waals surface area contributed by atoms with Gasteiger partial charge in [-0.2, -0.15) is 0 Å². The fraction of sp³-hybridized carbons (Fsp3) is 0.0323. The van der Waals surface area contributed by atoms with E-state index in [1.165, 1.54) is 12.4 Å². The van der Waals surface area contributed by atoms with Crippen LogP contribution in [-0.2, 0) is 20.1 Å². The molecule has 4 nitrogen and oxygen atoms in total. The molecule has 0 unspecified atom stereocenters. The van der Waals surface area contributed by atoms with Gasteiger partial charge in [0.2, 0.25) is 0 Å². The summed E-state index contributed by atoms with van der Waals surface area (Å²) in [6.07, 6.45) is 6.67. The molecule has 0 atom stereocenters. The second kappa shape index (κ2) is 12.1. The first-order valence-electron chi connectivity index (χ1n) is 12.5. The first-order chi connectivity index (χ1) is 18.5. The van der Waals surface area contributed by atoms with E-state index in [9.17, 15) is 0 Å². The van der Waals surface area contributed by atoms with Gasteiger partial charge in [0.05, 0.1) is 0 Å². The van der Waals surface area contributed by atoms with Crippen molar-refractivity contribution in [1.29, 1.82) is 0 Å². The van der Waals surface area contributed by atoms with Crippen LogP contribution in [0.4, 0.5) is 0 Å². The molecule has 0 aliphatic rings. The summed E-state index contributed by atoms with van der Waals surface area (Å²) in [6, 6.07) is 35.3. The Hall–Kier alpha value is -4.05. The molecule has 0 saturated carbocycles. The van der Waals surface area contributed by atoms with Gasteiger partial charge in [0, 0.05) is 53.9 Å². The fourth-order valence-electron chi connectivity index (χ4n) is 3.64. The summed E-state index contributed by atoms with van der Waals surface area (Å²) in [4.78, 5) is 16.4. The monoisotopic (exact) mass is 646 g/mol. The molecule has 0 aliphatic carbocycles. The maximum Gasteiger partial charge on any atom is 0.105 e. The zero-order chi connectivity index (χ0) is 26.4. The molecule has 36 heavy (non-hydrogen) atoms. The van der Waals surface area contributed by atoms with E-state index in [0.29, 0.717) is 5.69 Å². The SMILES string of the molecule is [2H]C([2H])([2H])c1cc(-c2[c-]ccc(-c3ccc4cnccc4c3)c2)ncn1.[Ir].[c-]1ccccc1-c1ccccn1. The number of hydrogen-bond donors (Lipinski definition) is 0. The Morgan fingerprint density at radius 3 is 2.39 bits per heavy atom. The predicted molar refractivity (Wildman–Crippen MR) is 140 cm³/mol. The topological polar surface area (TPSA) is 51.6 Å². The molecular weight excluding hydrogens is 621 g/mol. The molecule has 0 spiro atoms. The van der Waals surface area contributed by atoms with Gasteiger partial charge < -0.3 is 4.98 Å². The van der Waals surface area contributed by atoms with E-state index < -0.39 is 6.85 Å². The molecule has 0 amide bonds. The van der Waals surface area contributed by atoms with E-state index in [0.717, 1.165) is 38.7 Å². The van der Waals surface area contributed by atoms with Crippen LogP contribution in [0, 0.1) is 19.0 Å². The number of nitrogens with zero attached hydrogens (tertiary/aromatic N) is 4. The minimum absolute atomic E-state index is 0. The fourth-order valence-corrected chi connectivity index (χ4v) is 3.64. The van der Waals surface area contributed by atoms with Crippen molar-refractivity contribution >= 4 is 10.8 Å². The normalized spacial score (nSPS) is 11.7. The smallest absolute Gasteiger partial charge is 0.105 e. The number of benzene rings is 3. The molecule has 6 aromatic rings. The summed E-state index contributed by atoms with van der Waals surface area (Å²) < 4.78 is 22.5. The van der Waals surface area contributed by atoms with E-state index in [1.54, 1.807) is 12.4 Å². The second-order valence-corrected chi connectivity index (χ2v) is 7.71. The molecule has 0 aliphatic heterocycles. The standard InChI is InChI=1S/C20H14N3.C11H8N.Ir/c1-14-9-20(23-13-22-14)18-4-2-3-15(11-18)16-5-6-19-12-21-8-7-17(19)10-16;1-2-6-10(7-3-1)11-8-4-5-9-12-11;/h2-3,5-13H,1H3;1-6,8-9H;/q2*-1;/i1D3;;. The summed E-state index contributed by atoms with van der Waals surface area (Å²) in [7, 11) is 0. The molecule has 0 bridgehead atoms. The molecule has 5 heteroatoms. The van der Waals surface area contributed by atoms with E-state index in [2.05, 4.69) is 38.1 Å². The summed E-state index contributed by atoms with van der Waals surface area (Å²) in [5.41, 5.74) is 5.37. The molecule has 3 heterocycles. The van der Waals surface area contributed by atoms with Gasteiger partial charge in [-0.3, -0.25) is 9.97 Å². The van der Waals surface area contributed by atoms with Crippen molar-refractivity contribution in [3.05, 3.63) is 134 Å². The van der Waals surface area contributed by atoms with E-state index in [4.69, 9.17) is 4.11 Å². The molecule has 177 valence electrons. The van der Waals surface area contributed by atoms with Crippen molar-refractivity contribution in [3.8, 4) is 33.6 Å². The Morgan fingerprint density at radius 2 is 1.56 bits per heavy atom. The number of hydrogen-bond acceptors (Lipinski definition) is 4. The van der Waals surface area contributed by atoms with Gasteiger partial charge in [-0.05, 0) is 47.4 Å². The Labute approximate surface area is 228 Å².